The van der Waals surface area contributed by atoms with Crippen LogP contribution >= 0.6 is 0 Å². The Balaban J connectivity index is 0.00000112. The van der Waals surface area contributed by atoms with E-state index < -0.39 is 0 Å². The SMILES string of the molecule is CCCCc1cccc2ccccc12.[H-].[Na+]. The first-order chi connectivity index (χ1) is 6.92. The van der Waals surface area contributed by atoms with E-state index in [1.54, 1.807) is 0 Å². The molecule has 0 bridgehead atoms. The van der Waals surface area contributed by atoms with E-state index in [4.69, 9.17) is 0 Å². The van der Waals surface area contributed by atoms with Gasteiger partial charge in [-0.3, -0.25) is 0 Å². The van der Waals surface area contributed by atoms with Crippen LogP contribution in [-0.2, 0) is 6.42 Å². The van der Waals surface area contributed by atoms with Crippen LogP contribution in [0.4, 0.5) is 0 Å². The molecule has 0 aromatic heterocycles. The second-order valence-electron chi connectivity index (χ2n) is 3.74. The van der Waals surface area contributed by atoms with Crippen molar-refractivity contribution < 1.29 is 31.0 Å². The predicted octanol–water partition coefficient (Wildman–Crippen LogP) is 1.30. The third kappa shape index (κ3) is 3.07. The van der Waals surface area contributed by atoms with Crippen molar-refractivity contribution in [2.45, 2.75) is 26.2 Å². The molecular formula is C14H17Na. The maximum absolute atomic E-state index is 2.25. The van der Waals surface area contributed by atoms with Gasteiger partial charge in [-0.05, 0) is 29.2 Å². The first-order valence-electron chi connectivity index (χ1n) is 5.38. The Morgan fingerprint density at radius 2 is 1.73 bits per heavy atom. The maximum Gasteiger partial charge on any atom is 1.00 e. The molecule has 0 saturated carbocycles. The topological polar surface area (TPSA) is 0 Å². The van der Waals surface area contributed by atoms with E-state index >= 15 is 0 Å². The molecule has 0 aliphatic heterocycles. The first kappa shape index (κ1) is 12.8. The van der Waals surface area contributed by atoms with Crippen molar-refractivity contribution in [3.8, 4) is 0 Å². The van der Waals surface area contributed by atoms with Crippen molar-refractivity contribution in [3.05, 3.63) is 48.0 Å². The molecular weight excluding hydrogens is 191 g/mol. The van der Waals surface area contributed by atoms with Gasteiger partial charge in [0.25, 0.3) is 0 Å². The number of hydrogen-bond acceptors (Lipinski definition) is 0. The fourth-order valence-corrected chi connectivity index (χ4v) is 1.88. The van der Waals surface area contributed by atoms with Crippen LogP contribution in [0.3, 0.4) is 0 Å². The smallest absolute Gasteiger partial charge is 1.00 e. The molecule has 0 atom stereocenters. The van der Waals surface area contributed by atoms with Gasteiger partial charge in [0, 0.05) is 0 Å². The van der Waals surface area contributed by atoms with Crippen molar-refractivity contribution in [1.29, 1.82) is 0 Å². The van der Waals surface area contributed by atoms with E-state index in [1.165, 1.54) is 35.6 Å². The van der Waals surface area contributed by atoms with E-state index in [1.807, 2.05) is 0 Å². The Labute approximate surface area is 115 Å². The van der Waals surface area contributed by atoms with Gasteiger partial charge in [-0.1, -0.05) is 55.8 Å². The average Bonchev–Trinajstić information content (AvgIpc) is 2.26. The summed E-state index contributed by atoms with van der Waals surface area (Å²) in [6.07, 6.45) is 3.76. The molecule has 0 nitrogen and oxygen atoms in total. The Hall–Kier alpha value is -0.300. The number of rotatable bonds is 3. The van der Waals surface area contributed by atoms with Crippen LogP contribution in [0.2, 0.25) is 0 Å². The molecule has 0 N–H and O–H groups in total. The summed E-state index contributed by atoms with van der Waals surface area (Å²) in [6, 6.07) is 15.2. The number of fused-ring (bicyclic) bond motifs is 1. The molecule has 15 heavy (non-hydrogen) atoms. The van der Waals surface area contributed by atoms with Crippen LogP contribution < -0.4 is 29.6 Å². The van der Waals surface area contributed by atoms with Crippen LogP contribution in [0.15, 0.2) is 42.5 Å². The van der Waals surface area contributed by atoms with Crippen LogP contribution in [0, 0.1) is 0 Å². The summed E-state index contributed by atoms with van der Waals surface area (Å²) in [5.74, 6) is 0. The van der Waals surface area contributed by atoms with Gasteiger partial charge in [0.2, 0.25) is 0 Å². The normalized spacial score (nSPS) is 9.93. The van der Waals surface area contributed by atoms with Crippen LogP contribution in [-0.4, -0.2) is 0 Å². The van der Waals surface area contributed by atoms with Gasteiger partial charge >= 0.3 is 29.6 Å². The van der Waals surface area contributed by atoms with Crippen LogP contribution in [0.5, 0.6) is 0 Å². The minimum atomic E-state index is 0. The van der Waals surface area contributed by atoms with E-state index in [0.717, 1.165) is 0 Å². The zero-order valence-electron chi connectivity index (χ0n) is 10.7. The molecule has 0 fully saturated rings. The fraction of sp³-hybridized carbons (Fsp3) is 0.286. The molecule has 0 amide bonds. The van der Waals surface area contributed by atoms with Gasteiger partial charge < -0.3 is 1.43 Å². The molecule has 74 valence electrons. The Morgan fingerprint density at radius 3 is 2.53 bits per heavy atom. The van der Waals surface area contributed by atoms with E-state index in [2.05, 4.69) is 49.4 Å². The summed E-state index contributed by atoms with van der Waals surface area (Å²) in [6.45, 7) is 2.24. The average molecular weight is 208 g/mol. The molecule has 0 aliphatic carbocycles. The summed E-state index contributed by atoms with van der Waals surface area (Å²) < 4.78 is 0. The first-order valence-corrected chi connectivity index (χ1v) is 5.38. The van der Waals surface area contributed by atoms with Gasteiger partial charge in [-0.15, -0.1) is 0 Å². The molecule has 0 spiro atoms. The molecule has 0 radical (unpaired) electrons. The van der Waals surface area contributed by atoms with E-state index in [0.29, 0.717) is 0 Å². The zero-order valence-corrected chi connectivity index (χ0v) is 11.7. The van der Waals surface area contributed by atoms with E-state index in [-0.39, 0.29) is 31.0 Å². The predicted molar refractivity (Wildman–Crippen MR) is 63.7 cm³/mol. The quantitative estimate of drug-likeness (QED) is 0.667. The van der Waals surface area contributed by atoms with Crippen LogP contribution in [0.1, 0.15) is 26.8 Å². The largest absolute Gasteiger partial charge is 1.00 e. The van der Waals surface area contributed by atoms with Crippen molar-refractivity contribution in [3.63, 3.8) is 0 Å². The fourth-order valence-electron chi connectivity index (χ4n) is 1.88. The third-order valence-electron chi connectivity index (χ3n) is 2.68. The molecule has 2 aromatic carbocycles. The van der Waals surface area contributed by atoms with Crippen molar-refractivity contribution in [2.75, 3.05) is 0 Å². The maximum atomic E-state index is 2.25. The minimum Gasteiger partial charge on any atom is -1.00 e. The summed E-state index contributed by atoms with van der Waals surface area (Å²) in [7, 11) is 0. The number of hydrogen-bond donors (Lipinski definition) is 0. The Kier molecular flexibility index (Phi) is 5.38. The van der Waals surface area contributed by atoms with Gasteiger partial charge in [-0.2, -0.15) is 0 Å². The molecule has 0 unspecified atom stereocenters. The van der Waals surface area contributed by atoms with Gasteiger partial charge in [-0.25, -0.2) is 0 Å². The molecule has 2 aromatic rings. The van der Waals surface area contributed by atoms with Crippen molar-refractivity contribution in [2.24, 2.45) is 0 Å². The molecule has 2 rings (SSSR count). The third-order valence-corrected chi connectivity index (χ3v) is 2.68. The molecule has 0 aliphatic rings. The summed E-state index contributed by atoms with van der Waals surface area (Å²) in [5, 5.41) is 2.78. The van der Waals surface area contributed by atoms with Crippen LogP contribution in [0.25, 0.3) is 10.8 Å². The van der Waals surface area contributed by atoms with Gasteiger partial charge in [0.15, 0.2) is 0 Å². The summed E-state index contributed by atoms with van der Waals surface area (Å²) in [4.78, 5) is 0. The summed E-state index contributed by atoms with van der Waals surface area (Å²) in [5.41, 5.74) is 1.49. The number of aryl methyl sites for hydroxylation is 1. The summed E-state index contributed by atoms with van der Waals surface area (Å²) >= 11 is 0. The Bertz CT molecular complexity index is 421. The number of benzene rings is 2. The molecule has 0 heterocycles. The molecule has 0 saturated heterocycles. The molecule has 1 heteroatoms. The monoisotopic (exact) mass is 208 g/mol. The minimum absolute atomic E-state index is 0. The number of unbranched alkanes of at least 4 members (excludes halogenated alkanes) is 1. The Morgan fingerprint density at radius 1 is 1.00 bits per heavy atom. The van der Waals surface area contributed by atoms with Crippen molar-refractivity contribution in [1.82, 2.24) is 0 Å². The standard InChI is InChI=1S/C14H16.Na.H/c1-2-3-7-12-9-6-10-13-8-4-5-11-14(12)13;;/h4-6,8-11H,2-3,7H2,1H3;;/q;+1;-1. The van der Waals surface area contributed by atoms with Gasteiger partial charge in [0.1, 0.15) is 0 Å². The zero-order chi connectivity index (χ0) is 9.80. The van der Waals surface area contributed by atoms with Crippen molar-refractivity contribution >= 4 is 10.8 Å². The van der Waals surface area contributed by atoms with Gasteiger partial charge in [0.05, 0.1) is 0 Å². The van der Waals surface area contributed by atoms with E-state index in [9.17, 15) is 0 Å². The second kappa shape index (κ2) is 6.32. The second-order valence-corrected chi connectivity index (χ2v) is 3.74.